The van der Waals surface area contributed by atoms with E-state index in [-0.39, 0.29) is 18.5 Å². The lowest BCUT2D eigenvalue weighted by Gasteiger charge is -2.17. The minimum atomic E-state index is -0.223. The van der Waals surface area contributed by atoms with Crippen LogP contribution in [-0.2, 0) is 4.79 Å². The number of methoxy groups -OCH3 is 2. The zero-order valence-corrected chi connectivity index (χ0v) is 15.3. The second kappa shape index (κ2) is 8.91. The maximum atomic E-state index is 12.5. The molecule has 0 bridgehead atoms. The Morgan fingerprint density at radius 1 is 1.04 bits per heavy atom. The van der Waals surface area contributed by atoms with E-state index in [1.54, 1.807) is 38.7 Å². The van der Waals surface area contributed by atoms with Gasteiger partial charge in [-0.3, -0.25) is 10.1 Å². The molecular formula is C21H22N2O4. The highest BCUT2D eigenvalue weighted by molar-refractivity contribution is 5.94. The van der Waals surface area contributed by atoms with Crippen LogP contribution in [0.25, 0.3) is 0 Å². The Morgan fingerprint density at radius 3 is 2.52 bits per heavy atom. The number of carbonyl (C=O) groups excluding carboxylic acids is 1. The molecular weight excluding hydrogens is 344 g/mol. The number of nitrogens with one attached hydrogen (secondary N) is 2. The Bertz CT molecular complexity index is 863. The van der Waals surface area contributed by atoms with Crippen molar-refractivity contribution in [2.75, 3.05) is 26.1 Å². The molecule has 0 spiro atoms. The van der Waals surface area contributed by atoms with Gasteiger partial charge in [-0.05, 0) is 29.8 Å². The van der Waals surface area contributed by atoms with Gasteiger partial charge in [-0.1, -0.05) is 30.3 Å². The van der Waals surface area contributed by atoms with Gasteiger partial charge in [0.05, 0.1) is 38.8 Å². The molecule has 0 saturated heterocycles. The molecule has 0 fully saturated rings. The van der Waals surface area contributed by atoms with Gasteiger partial charge < -0.3 is 19.2 Å². The molecule has 3 aromatic rings. The molecule has 0 unspecified atom stereocenters. The number of benzene rings is 2. The Morgan fingerprint density at radius 2 is 1.85 bits per heavy atom. The van der Waals surface area contributed by atoms with Crippen LogP contribution in [0.4, 0.5) is 5.69 Å². The third kappa shape index (κ3) is 4.68. The SMILES string of the molecule is COc1ccc(OC)c(NC(=O)CN[C@@H](c2ccccc2)c2ccco2)c1. The van der Waals surface area contributed by atoms with Gasteiger partial charge in [0, 0.05) is 6.07 Å². The first-order valence-corrected chi connectivity index (χ1v) is 8.55. The average molecular weight is 366 g/mol. The lowest BCUT2D eigenvalue weighted by atomic mass is 10.0. The first-order valence-electron chi connectivity index (χ1n) is 8.55. The maximum Gasteiger partial charge on any atom is 0.238 e. The fourth-order valence-electron chi connectivity index (χ4n) is 2.78. The number of hydrogen-bond donors (Lipinski definition) is 2. The molecule has 0 saturated carbocycles. The zero-order chi connectivity index (χ0) is 19.1. The van der Waals surface area contributed by atoms with E-state index in [2.05, 4.69) is 10.6 Å². The van der Waals surface area contributed by atoms with Gasteiger partial charge in [0.2, 0.25) is 5.91 Å². The predicted octanol–water partition coefficient (Wildman–Crippen LogP) is 3.61. The summed E-state index contributed by atoms with van der Waals surface area (Å²) in [6, 6.07) is 18.6. The number of rotatable bonds is 8. The third-order valence-corrected chi connectivity index (χ3v) is 4.11. The lowest BCUT2D eigenvalue weighted by Crippen LogP contribution is -2.31. The van der Waals surface area contributed by atoms with Crippen molar-refractivity contribution < 1.29 is 18.7 Å². The van der Waals surface area contributed by atoms with Crippen LogP contribution >= 0.6 is 0 Å². The largest absolute Gasteiger partial charge is 0.497 e. The number of ether oxygens (including phenoxy) is 2. The first-order chi connectivity index (χ1) is 13.2. The van der Waals surface area contributed by atoms with E-state index < -0.39 is 0 Å². The van der Waals surface area contributed by atoms with Gasteiger partial charge in [-0.15, -0.1) is 0 Å². The van der Waals surface area contributed by atoms with Crippen LogP contribution in [0.2, 0.25) is 0 Å². The van der Waals surface area contributed by atoms with Crippen LogP contribution in [-0.4, -0.2) is 26.7 Å². The fraction of sp³-hybridized carbons (Fsp3) is 0.190. The molecule has 2 aromatic carbocycles. The van der Waals surface area contributed by atoms with Crippen LogP contribution in [0, 0.1) is 0 Å². The van der Waals surface area contributed by atoms with Crippen molar-refractivity contribution in [3.63, 3.8) is 0 Å². The topological polar surface area (TPSA) is 72.7 Å². The molecule has 140 valence electrons. The van der Waals surface area contributed by atoms with E-state index in [0.717, 1.165) is 11.3 Å². The van der Waals surface area contributed by atoms with Gasteiger partial charge in [0.25, 0.3) is 0 Å². The molecule has 6 heteroatoms. The van der Waals surface area contributed by atoms with E-state index >= 15 is 0 Å². The molecule has 2 N–H and O–H groups in total. The molecule has 6 nitrogen and oxygen atoms in total. The highest BCUT2D eigenvalue weighted by Gasteiger charge is 2.18. The molecule has 27 heavy (non-hydrogen) atoms. The van der Waals surface area contributed by atoms with E-state index in [0.29, 0.717) is 17.2 Å². The molecule has 1 aromatic heterocycles. The van der Waals surface area contributed by atoms with Crippen molar-refractivity contribution >= 4 is 11.6 Å². The summed E-state index contributed by atoms with van der Waals surface area (Å²) in [5, 5.41) is 6.10. The summed E-state index contributed by atoms with van der Waals surface area (Å²) in [6.45, 7) is 0.0978. The number of carbonyl (C=O) groups is 1. The molecule has 1 amide bonds. The van der Waals surface area contributed by atoms with E-state index in [4.69, 9.17) is 13.9 Å². The third-order valence-electron chi connectivity index (χ3n) is 4.11. The smallest absolute Gasteiger partial charge is 0.238 e. The van der Waals surface area contributed by atoms with Gasteiger partial charge >= 0.3 is 0 Å². The number of hydrogen-bond acceptors (Lipinski definition) is 5. The summed E-state index contributed by atoms with van der Waals surface area (Å²) in [5.74, 6) is 1.74. The quantitative estimate of drug-likeness (QED) is 0.637. The van der Waals surface area contributed by atoms with Crippen molar-refractivity contribution in [3.8, 4) is 11.5 Å². The van der Waals surface area contributed by atoms with Gasteiger partial charge in [-0.2, -0.15) is 0 Å². The molecule has 0 aliphatic heterocycles. The summed E-state index contributed by atoms with van der Waals surface area (Å²) in [4.78, 5) is 12.5. The molecule has 3 rings (SSSR count). The van der Waals surface area contributed by atoms with E-state index in [9.17, 15) is 4.79 Å². The Balaban J connectivity index is 1.70. The van der Waals surface area contributed by atoms with Crippen molar-refractivity contribution in [2.24, 2.45) is 0 Å². The minimum absolute atomic E-state index is 0.0978. The molecule has 1 heterocycles. The summed E-state index contributed by atoms with van der Waals surface area (Å²) in [6.07, 6.45) is 1.62. The maximum absolute atomic E-state index is 12.5. The van der Waals surface area contributed by atoms with Gasteiger partial charge in [0.15, 0.2) is 0 Å². The monoisotopic (exact) mass is 366 g/mol. The van der Waals surface area contributed by atoms with Crippen LogP contribution in [0.15, 0.2) is 71.3 Å². The molecule has 0 radical (unpaired) electrons. The molecule has 1 atom stereocenters. The van der Waals surface area contributed by atoms with E-state index in [1.165, 1.54) is 0 Å². The highest BCUT2D eigenvalue weighted by atomic mass is 16.5. The Hall–Kier alpha value is -3.25. The average Bonchev–Trinajstić information content (AvgIpc) is 3.23. The van der Waals surface area contributed by atoms with Crippen LogP contribution in [0.1, 0.15) is 17.4 Å². The van der Waals surface area contributed by atoms with Crippen molar-refractivity contribution in [1.29, 1.82) is 0 Å². The zero-order valence-electron chi connectivity index (χ0n) is 15.3. The lowest BCUT2D eigenvalue weighted by molar-refractivity contribution is -0.115. The first kappa shape index (κ1) is 18.5. The van der Waals surface area contributed by atoms with Crippen molar-refractivity contribution in [3.05, 3.63) is 78.3 Å². The normalized spacial score (nSPS) is 11.6. The second-order valence-electron chi connectivity index (χ2n) is 5.85. The standard InChI is InChI=1S/C21H22N2O4/c1-25-16-10-11-18(26-2)17(13-16)23-20(24)14-22-21(19-9-6-12-27-19)15-7-4-3-5-8-15/h3-13,21-22H,14H2,1-2H3,(H,23,24)/t21-/m0/s1. The highest BCUT2D eigenvalue weighted by Crippen LogP contribution is 2.29. The predicted molar refractivity (Wildman–Crippen MR) is 103 cm³/mol. The van der Waals surface area contributed by atoms with Crippen LogP contribution in [0.5, 0.6) is 11.5 Å². The number of furan rings is 1. The van der Waals surface area contributed by atoms with Crippen LogP contribution in [0.3, 0.4) is 0 Å². The fourth-order valence-corrected chi connectivity index (χ4v) is 2.78. The Kier molecular flexibility index (Phi) is 6.12. The second-order valence-corrected chi connectivity index (χ2v) is 5.85. The van der Waals surface area contributed by atoms with Gasteiger partial charge in [0.1, 0.15) is 17.3 Å². The minimum Gasteiger partial charge on any atom is -0.497 e. The van der Waals surface area contributed by atoms with Gasteiger partial charge in [-0.25, -0.2) is 0 Å². The molecule has 0 aliphatic carbocycles. The summed E-state index contributed by atoms with van der Waals surface area (Å²) in [7, 11) is 3.13. The van der Waals surface area contributed by atoms with E-state index in [1.807, 2.05) is 42.5 Å². The van der Waals surface area contributed by atoms with Crippen molar-refractivity contribution in [2.45, 2.75) is 6.04 Å². The summed E-state index contributed by atoms with van der Waals surface area (Å²) < 4.78 is 16.0. The van der Waals surface area contributed by atoms with Crippen LogP contribution < -0.4 is 20.1 Å². The summed E-state index contributed by atoms with van der Waals surface area (Å²) >= 11 is 0. The van der Waals surface area contributed by atoms with Crippen molar-refractivity contribution in [1.82, 2.24) is 5.32 Å². The summed E-state index contributed by atoms with van der Waals surface area (Å²) in [5.41, 5.74) is 1.57. The number of amides is 1. The molecule has 0 aliphatic rings. The Labute approximate surface area is 158 Å². The number of anilines is 1.